The lowest BCUT2D eigenvalue weighted by Crippen LogP contribution is -2.30. The zero-order chi connectivity index (χ0) is 12.6. The second-order valence-corrected chi connectivity index (χ2v) is 4.78. The molecule has 0 bridgehead atoms. The van der Waals surface area contributed by atoms with Gasteiger partial charge < -0.3 is 10.5 Å². The first-order valence-electron chi connectivity index (χ1n) is 5.54. The first-order chi connectivity index (χ1) is 7.99. The maximum Gasteiger partial charge on any atom is 0.145 e. The van der Waals surface area contributed by atoms with E-state index >= 15 is 0 Å². The van der Waals surface area contributed by atoms with E-state index in [1.807, 2.05) is 6.92 Å². The van der Waals surface area contributed by atoms with Crippen molar-refractivity contribution in [1.82, 2.24) is 0 Å². The van der Waals surface area contributed by atoms with Crippen molar-refractivity contribution in [3.8, 4) is 0 Å². The average molecular weight is 262 g/mol. The van der Waals surface area contributed by atoms with E-state index in [-0.39, 0.29) is 18.2 Å². The Morgan fingerprint density at radius 2 is 1.94 bits per heavy atom. The summed E-state index contributed by atoms with van der Waals surface area (Å²) in [4.78, 5) is 0. The molecule has 1 aliphatic rings. The molecule has 0 amide bonds. The van der Waals surface area contributed by atoms with Gasteiger partial charge in [0, 0.05) is 6.04 Å². The van der Waals surface area contributed by atoms with E-state index in [1.165, 1.54) is 12.1 Å². The summed E-state index contributed by atoms with van der Waals surface area (Å²) in [6.07, 6.45) is 1.16. The third-order valence-corrected chi connectivity index (χ3v) is 3.38. The molecule has 17 heavy (non-hydrogen) atoms. The molecule has 1 aliphatic heterocycles. The fourth-order valence-electron chi connectivity index (χ4n) is 2.06. The molecule has 1 aromatic carbocycles. The Bertz CT molecular complexity index is 402. The largest absolute Gasteiger partial charge is 0.369 e. The summed E-state index contributed by atoms with van der Waals surface area (Å²) in [5, 5.41) is -0.476. The van der Waals surface area contributed by atoms with Crippen molar-refractivity contribution in [1.29, 1.82) is 0 Å². The average Bonchev–Trinajstić information content (AvgIpc) is 2.74. The van der Waals surface area contributed by atoms with Crippen LogP contribution in [0, 0.1) is 11.6 Å². The van der Waals surface area contributed by atoms with Crippen LogP contribution in [0.3, 0.4) is 0 Å². The van der Waals surface area contributed by atoms with Crippen LogP contribution in [-0.2, 0) is 4.74 Å². The van der Waals surface area contributed by atoms with Crippen molar-refractivity contribution in [2.45, 2.75) is 38.0 Å². The van der Waals surface area contributed by atoms with Crippen LogP contribution in [0.4, 0.5) is 8.78 Å². The highest BCUT2D eigenvalue weighted by molar-refractivity contribution is 6.30. The van der Waals surface area contributed by atoms with Crippen LogP contribution < -0.4 is 5.73 Å². The third kappa shape index (κ3) is 2.59. The number of hydrogen-bond acceptors (Lipinski definition) is 2. The van der Waals surface area contributed by atoms with Gasteiger partial charge in [-0.2, -0.15) is 0 Å². The van der Waals surface area contributed by atoms with Gasteiger partial charge in [0.1, 0.15) is 16.7 Å². The van der Waals surface area contributed by atoms with Gasteiger partial charge in [-0.25, -0.2) is 8.78 Å². The lowest BCUT2D eigenvalue weighted by molar-refractivity contribution is 0.0329. The summed E-state index contributed by atoms with van der Waals surface area (Å²) >= 11 is 5.42. The van der Waals surface area contributed by atoms with E-state index in [4.69, 9.17) is 22.1 Å². The third-order valence-electron chi connectivity index (χ3n) is 3.02. The van der Waals surface area contributed by atoms with E-state index in [0.717, 1.165) is 6.42 Å². The maximum absolute atomic E-state index is 13.3. The molecule has 0 radical (unpaired) electrons. The quantitative estimate of drug-likeness (QED) is 0.830. The van der Waals surface area contributed by atoms with E-state index in [1.54, 1.807) is 0 Å². The van der Waals surface area contributed by atoms with Crippen molar-refractivity contribution < 1.29 is 13.5 Å². The van der Waals surface area contributed by atoms with E-state index in [0.29, 0.717) is 12.0 Å². The van der Waals surface area contributed by atoms with Crippen LogP contribution in [-0.4, -0.2) is 12.1 Å². The van der Waals surface area contributed by atoms with Gasteiger partial charge in [-0.3, -0.25) is 0 Å². The lowest BCUT2D eigenvalue weighted by Gasteiger charge is -2.17. The second kappa shape index (κ2) is 4.88. The van der Waals surface area contributed by atoms with Crippen molar-refractivity contribution >= 4 is 11.6 Å². The molecule has 0 aromatic heterocycles. The van der Waals surface area contributed by atoms with E-state index < -0.39 is 16.7 Å². The van der Waals surface area contributed by atoms with E-state index in [9.17, 15) is 8.78 Å². The lowest BCUT2D eigenvalue weighted by atomic mass is 10.0. The molecule has 94 valence electrons. The molecule has 2 N–H and O–H groups in total. The van der Waals surface area contributed by atoms with Gasteiger partial charge in [-0.05, 0) is 37.5 Å². The molecule has 1 saturated heterocycles. The van der Waals surface area contributed by atoms with Crippen LogP contribution in [0.2, 0.25) is 5.02 Å². The van der Waals surface area contributed by atoms with Crippen LogP contribution in [0.5, 0.6) is 0 Å². The zero-order valence-corrected chi connectivity index (χ0v) is 10.2. The number of nitrogens with two attached hydrogens (primary N) is 1. The number of hydrogen-bond donors (Lipinski definition) is 1. The minimum Gasteiger partial charge on any atom is -0.369 e. The Morgan fingerprint density at radius 1 is 1.35 bits per heavy atom. The SMILES string of the molecule is C[C@H](N)[C@@H]1CC[C@H](c2cc(F)c(Cl)c(F)c2)O1. The predicted molar refractivity (Wildman–Crippen MR) is 61.9 cm³/mol. The monoisotopic (exact) mass is 261 g/mol. The number of halogens is 3. The molecule has 0 spiro atoms. The van der Waals surface area contributed by atoms with Gasteiger partial charge >= 0.3 is 0 Å². The summed E-state index contributed by atoms with van der Waals surface area (Å²) in [5.74, 6) is -1.51. The van der Waals surface area contributed by atoms with Gasteiger partial charge in [0.05, 0.1) is 12.2 Å². The maximum atomic E-state index is 13.3. The van der Waals surface area contributed by atoms with Gasteiger partial charge in [0.2, 0.25) is 0 Å². The minimum atomic E-state index is -0.755. The molecule has 3 atom stereocenters. The first-order valence-corrected chi connectivity index (χ1v) is 5.92. The molecule has 1 heterocycles. The number of ether oxygens (including phenoxy) is 1. The Balaban J connectivity index is 2.19. The fourth-order valence-corrected chi connectivity index (χ4v) is 2.16. The minimum absolute atomic E-state index is 0.0539. The van der Waals surface area contributed by atoms with Crippen LogP contribution in [0.1, 0.15) is 31.4 Å². The summed E-state index contributed by atoms with van der Waals surface area (Å²) in [6, 6.07) is 2.36. The van der Waals surface area contributed by atoms with Crippen molar-refractivity contribution in [3.63, 3.8) is 0 Å². The summed E-state index contributed by atoms with van der Waals surface area (Å²) < 4.78 is 32.3. The molecule has 2 nitrogen and oxygen atoms in total. The van der Waals surface area contributed by atoms with Crippen molar-refractivity contribution in [3.05, 3.63) is 34.4 Å². The Kier molecular flexibility index (Phi) is 3.66. The highest BCUT2D eigenvalue weighted by Crippen LogP contribution is 2.35. The first kappa shape index (κ1) is 12.7. The zero-order valence-electron chi connectivity index (χ0n) is 9.42. The summed E-state index contributed by atoms with van der Waals surface area (Å²) in [5.41, 5.74) is 6.21. The molecular formula is C12H14ClF2NO. The second-order valence-electron chi connectivity index (χ2n) is 4.40. The smallest absolute Gasteiger partial charge is 0.145 e. The standard InChI is InChI=1S/C12H14ClF2NO/c1-6(16)10-2-3-11(17-10)7-4-8(14)12(13)9(15)5-7/h4-6,10-11H,2-3,16H2,1H3/t6-,10-,11+/m0/s1. The van der Waals surface area contributed by atoms with Gasteiger partial charge in [0.25, 0.3) is 0 Å². The van der Waals surface area contributed by atoms with Gasteiger partial charge in [-0.15, -0.1) is 0 Å². The van der Waals surface area contributed by atoms with Crippen molar-refractivity contribution in [2.24, 2.45) is 5.73 Å². The summed E-state index contributed by atoms with van der Waals surface area (Å²) in [6.45, 7) is 1.86. The number of rotatable bonds is 2. The fraction of sp³-hybridized carbons (Fsp3) is 0.500. The molecule has 1 fully saturated rings. The van der Waals surface area contributed by atoms with Crippen LogP contribution >= 0.6 is 11.6 Å². The molecule has 0 saturated carbocycles. The van der Waals surface area contributed by atoms with E-state index in [2.05, 4.69) is 0 Å². The Hall–Kier alpha value is -0.710. The molecule has 5 heteroatoms. The predicted octanol–water partition coefficient (Wildman–Crippen LogP) is 3.19. The normalized spacial score (nSPS) is 26.2. The van der Waals surface area contributed by atoms with Gasteiger partial charge in [0.15, 0.2) is 0 Å². The van der Waals surface area contributed by atoms with Crippen LogP contribution in [0.25, 0.3) is 0 Å². The molecule has 2 rings (SSSR count). The molecular weight excluding hydrogens is 248 g/mol. The van der Waals surface area contributed by atoms with Crippen molar-refractivity contribution in [2.75, 3.05) is 0 Å². The highest BCUT2D eigenvalue weighted by Gasteiger charge is 2.29. The topological polar surface area (TPSA) is 35.2 Å². The number of benzene rings is 1. The highest BCUT2D eigenvalue weighted by atomic mass is 35.5. The molecule has 1 aromatic rings. The van der Waals surface area contributed by atoms with Gasteiger partial charge in [-0.1, -0.05) is 11.6 Å². The Morgan fingerprint density at radius 3 is 2.41 bits per heavy atom. The molecule has 0 unspecified atom stereocenters. The van der Waals surface area contributed by atoms with Crippen LogP contribution in [0.15, 0.2) is 12.1 Å². The molecule has 0 aliphatic carbocycles. The Labute approximate surface area is 104 Å². The summed E-state index contributed by atoms with van der Waals surface area (Å²) in [7, 11) is 0.